The lowest BCUT2D eigenvalue weighted by atomic mass is 10.00. The van der Waals surface area contributed by atoms with Crippen LogP contribution in [-0.4, -0.2) is 4.98 Å². The topological polar surface area (TPSA) is 56.6 Å². The molecule has 116 valence electrons. The molecule has 0 aliphatic rings. The Hall–Kier alpha value is -2.59. The van der Waals surface area contributed by atoms with E-state index in [1.54, 1.807) is 19.1 Å². The molecule has 3 nitrogen and oxygen atoms in total. The molecule has 0 bridgehead atoms. The number of aryl methyl sites for hydroxylation is 1. The molecule has 0 aliphatic heterocycles. The zero-order valence-electron chi connectivity index (χ0n) is 11.8. The van der Waals surface area contributed by atoms with Gasteiger partial charge in [0.15, 0.2) is 0 Å². The summed E-state index contributed by atoms with van der Waals surface area (Å²) in [6.45, 7) is 1.68. The molecule has 0 aliphatic carbocycles. The Balaban J connectivity index is 2.24. The summed E-state index contributed by atoms with van der Waals surface area (Å²) < 4.78 is 39.2. The van der Waals surface area contributed by atoms with Gasteiger partial charge in [-0.2, -0.15) is 18.4 Å². The van der Waals surface area contributed by atoms with Crippen LogP contribution in [0.15, 0.2) is 34.4 Å². The van der Waals surface area contributed by atoms with Crippen molar-refractivity contribution in [2.24, 2.45) is 0 Å². The highest BCUT2D eigenvalue weighted by atomic mass is 32.1. The van der Waals surface area contributed by atoms with E-state index in [0.717, 1.165) is 16.7 Å². The first kappa shape index (κ1) is 15.3. The highest BCUT2D eigenvalue weighted by Gasteiger charge is 2.33. The Labute approximate surface area is 132 Å². The maximum Gasteiger partial charge on any atom is 0.417 e. The Morgan fingerprint density at radius 1 is 1.26 bits per heavy atom. The number of hydrogen-bond donors (Lipinski definition) is 1. The van der Waals surface area contributed by atoms with E-state index in [9.17, 15) is 18.0 Å². The van der Waals surface area contributed by atoms with Crippen molar-refractivity contribution in [1.82, 2.24) is 4.98 Å². The van der Waals surface area contributed by atoms with Gasteiger partial charge in [-0.1, -0.05) is 12.1 Å². The number of rotatable bonds is 1. The van der Waals surface area contributed by atoms with Crippen LogP contribution in [-0.2, 0) is 6.18 Å². The first-order valence-electron chi connectivity index (χ1n) is 6.54. The minimum absolute atomic E-state index is 0.0532. The lowest BCUT2D eigenvalue weighted by molar-refractivity contribution is -0.136. The molecule has 1 aromatic carbocycles. The Bertz CT molecular complexity index is 1010. The molecule has 0 saturated heterocycles. The summed E-state index contributed by atoms with van der Waals surface area (Å²) in [6, 6.07) is 7.93. The largest absolute Gasteiger partial charge is 0.417 e. The standard InChI is InChI=1S/C16H9F3N2OS/c1-8-4-11(12(6-20)15(22)21-8)9-2-3-10-13(16(17,18)19)7-23-14(10)5-9/h2-5,7H,1H3,(H,21,22). The van der Waals surface area contributed by atoms with Crippen LogP contribution in [0.1, 0.15) is 16.8 Å². The van der Waals surface area contributed by atoms with Gasteiger partial charge in [0, 0.05) is 26.7 Å². The van der Waals surface area contributed by atoms with Crippen molar-refractivity contribution in [1.29, 1.82) is 5.26 Å². The van der Waals surface area contributed by atoms with Gasteiger partial charge in [-0.3, -0.25) is 4.79 Å². The first-order valence-corrected chi connectivity index (χ1v) is 7.42. The number of alkyl halides is 3. The average Bonchev–Trinajstić information content (AvgIpc) is 2.89. The number of aromatic amines is 1. The van der Waals surface area contributed by atoms with E-state index in [1.165, 1.54) is 12.1 Å². The highest BCUT2D eigenvalue weighted by molar-refractivity contribution is 7.17. The fourth-order valence-electron chi connectivity index (χ4n) is 2.44. The molecule has 3 rings (SSSR count). The molecule has 23 heavy (non-hydrogen) atoms. The van der Waals surface area contributed by atoms with E-state index in [2.05, 4.69) is 4.98 Å². The molecule has 2 heterocycles. The Morgan fingerprint density at radius 3 is 2.65 bits per heavy atom. The average molecular weight is 334 g/mol. The van der Waals surface area contributed by atoms with E-state index in [0.29, 0.717) is 21.5 Å². The number of hydrogen-bond acceptors (Lipinski definition) is 3. The minimum Gasteiger partial charge on any atom is -0.325 e. The van der Waals surface area contributed by atoms with E-state index in [4.69, 9.17) is 5.26 Å². The molecule has 0 saturated carbocycles. The van der Waals surface area contributed by atoms with Crippen LogP contribution in [0.3, 0.4) is 0 Å². The molecule has 3 aromatic rings. The van der Waals surface area contributed by atoms with E-state index in [-0.39, 0.29) is 10.9 Å². The van der Waals surface area contributed by atoms with Crippen molar-refractivity contribution in [3.8, 4) is 17.2 Å². The predicted octanol–water partition coefficient (Wildman–Crippen LogP) is 4.46. The summed E-state index contributed by atoms with van der Waals surface area (Å²) in [5.41, 5.74) is 0.293. The van der Waals surface area contributed by atoms with Gasteiger partial charge < -0.3 is 4.98 Å². The maximum absolute atomic E-state index is 12.9. The monoisotopic (exact) mass is 334 g/mol. The van der Waals surface area contributed by atoms with Crippen LogP contribution in [0.25, 0.3) is 21.2 Å². The van der Waals surface area contributed by atoms with E-state index in [1.807, 2.05) is 6.07 Å². The quantitative estimate of drug-likeness (QED) is 0.714. The second kappa shape index (κ2) is 5.25. The fraction of sp³-hybridized carbons (Fsp3) is 0.125. The highest BCUT2D eigenvalue weighted by Crippen LogP contribution is 2.39. The number of halogens is 3. The lowest BCUT2D eigenvalue weighted by Crippen LogP contribution is -2.12. The molecular formula is C16H9F3N2OS. The number of H-pyrrole nitrogens is 1. The number of aromatic nitrogens is 1. The second-order valence-corrected chi connectivity index (χ2v) is 5.95. The molecule has 0 amide bonds. The summed E-state index contributed by atoms with van der Waals surface area (Å²) in [6.07, 6.45) is -4.40. The lowest BCUT2D eigenvalue weighted by Gasteiger charge is -2.07. The number of nitriles is 1. The van der Waals surface area contributed by atoms with Crippen LogP contribution in [0.2, 0.25) is 0 Å². The number of thiophene rings is 1. The van der Waals surface area contributed by atoms with Crippen LogP contribution < -0.4 is 5.56 Å². The van der Waals surface area contributed by atoms with Crippen molar-refractivity contribution < 1.29 is 13.2 Å². The van der Waals surface area contributed by atoms with Crippen molar-refractivity contribution in [3.05, 3.63) is 56.8 Å². The van der Waals surface area contributed by atoms with Crippen LogP contribution in [0.4, 0.5) is 13.2 Å². The second-order valence-electron chi connectivity index (χ2n) is 5.04. The molecule has 0 radical (unpaired) electrons. The van der Waals surface area contributed by atoms with Gasteiger partial charge in [-0.25, -0.2) is 0 Å². The minimum atomic E-state index is -4.40. The predicted molar refractivity (Wildman–Crippen MR) is 82.3 cm³/mol. The van der Waals surface area contributed by atoms with E-state index >= 15 is 0 Å². The van der Waals surface area contributed by atoms with Crippen molar-refractivity contribution in [2.75, 3.05) is 0 Å². The number of nitrogens with one attached hydrogen (secondary N) is 1. The van der Waals surface area contributed by atoms with Crippen LogP contribution in [0.5, 0.6) is 0 Å². The molecule has 0 fully saturated rings. The maximum atomic E-state index is 12.9. The fourth-order valence-corrected chi connectivity index (χ4v) is 3.45. The summed E-state index contributed by atoms with van der Waals surface area (Å²) >= 11 is 0.983. The normalized spacial score (nSPS) is 11.6. The Kier molecular flexibility index (Phi) is 3.49. The van der Waals surface area contributed by atoms with Crippen molar-refractivity contribution in [2.45, 2.75) is 13.1 Å². The number of benzene rings is 1. The van der Waals surface area contributed by atoms with Crippen LogP contribution >= 0.6 is 11.3 Å². The molecule has 0 unspecified atom stereocenters. The third-order valence-corrected chi connectivity index (χ3v) is 4.42. The molecule has 7 heteroatoms. The summed E-state index contributed by atoms with van der Waals surface area (Å²) in [4.78, 5) is 14.4. The zero-order chi connectivity index (χ0) is 16.8. The van der Waals surface area contributed by atoms with Gasteiger partial charge in [-0.15, -0.1) is 11.3 Å². The van der Waals surface area contributed by atoms with Crippen molar-refractivity contribution >= 4 is 21.4 Å². The zero-order valence-corrected chi connectivity index (χ0v) is 12.6. The van der Waals surface area contributed by atoms with Gasteiger partial charge in [-0.05, 0) is 24.6 Å². The third-order valence-electron chi connectivity index (χ3n) is 3.47. The first-order chi connectivity index (χ1) is 10.8. The van der Waals surface area contributed by atoms with Gasteiger partial charge in [0.2, 0.25) is 0 Å². The molecule has 1 N–H and O–H groups in total. The third kappa shape index (κ3) is 2.62. The summed E-state index contributed by atoms with van der Waals surface area (Å²) in [5.74, 6) is 0. The van der Waals surface area contributed by atoms with Gasteiger partial charge >= 0.3 is 6.18 Å². The smallest absolute Gasteiger partial charge is 0.325 e. The van der Waals surface area contributed by atoms with Crippen LogP contribution in [0, 0.1) is 18.3 Å². The SMILES string of the molecule is Cc1cc(-c2ccc3c(C(F)(F)F)csc3c2)c(C#N)c(=O)[nH]1. The number of nitrogens with zero attached hydrogens (tertiary/aromatic N) is 1. The molecule has 0 spiro atoms. The van der Waals surface area contributed by atoms with Gasteiger partial charge in [0.1, 0.15) is 11.6 Å². The number of pyridine rings is 1. The van der Waals surface area contributed by atoms with Gasteiger partial charge in [0.05, 0.1) is 5.56 Å². The summed E-state index contributed by atoms with van der Waals surface area (Å²) in [7, 11) is 0. The molecule has 2 aromatic heterocycles. The van der Waals surface area contributed by atoms with Crippen molar-refractivity contribution in [3.63, 3.8) is 0 Å². The summed E-state index contributed by atoms with van der Waals surface area (Å²) in [5, 5.41) is 10.3. The van der Waals surface area contributed by atoms with E-state index < -0.39 is 17.3 Å². The molecular weight excluding hydrogens is 325 g/mol. The number of fused-ring (bicyclic) bond motifs is 1. The van der Waals surface area contributed by atoms with Gasteiger partial charge in [0.25, 0.3) is 5.56 Å². The molecule has 0 atom stereocenters. The Morgan fingerprint density at radius 2 is 2.00 bits per heavy atom.